The molecule has 0 radical (unpaired) electrons. The molecule has 0 unspecified atom stereocenters. The number of aromatic hydroxyl groups is 1. The maximum Gasteiger partial charge on any atom is 0.281 e. The van der Waals surface area contributed by atoms with Gasteiger partial charge in [-0.05, 0) is 31.9 Å². The lowest BCUT2D eigenvalue weighted by Crippen LogP contribution is -2.27. The molecule has 1 aromatic carbocycles. The number of benzene rings is 1. The molecule has 1 aliphatic carbocycles. The van der Waals surface area contributed by atoms with Crippen LogP contribution in [0.2, 0.25) is 0 Å². The summed E-state index contributed by atoms with van der Waals surface area (Å²) in [4.78, 5) is 13.1. The normalized spacial score (nSPS) is 14.7. The highest BCUT2D eigenvalue weighted by atomic mass is 16.5. The summed E-state index contributed by atoms with van der Waals surface area (Å²) < 4.78 is 11.8. The maximum atomic E-state index is 13.1. The fourth-order valence-corrected chi connectivity index (χ4v) is 3.68. The first kappa shape index (κ1) is 20.4. The lowest BCUT2D eigenvalue weighted by Gasteiger charge is -2.25. The second-order valence-electron chi connectivity index (χ2n) is 6.99. The first-order valence-corrected chi connectivity index (χ1v) is 9.53. The average molecular weight is 396 g/mol. The van der Waals surface area contributed by atoms with Crippen LogP contribution in [0.15, 0.2) is 33.2 Å². The quantitative estimate of drug-likeness (QED) is 0.739. The van der Waals surface area contributed by atoms with Gasteiger partial charge in [0, 0.05) is 17.7 Å². The standard InChI is InChI=1S/C21H24N4O4/c1-13-16(12-22)20(26)25(14-7-5-4-6-8-14)21(27)19(13)24-23-17-10-9-15(28-2)11-18(17)29-3/h9-11,14,26H,4-8H2,1-3H3. The highest BCUT2D eigenvalue weighted by molar-refractivity contribution is 5.58. The van der Waals surface area contributed by atoms with Gasteiger partial charge < -0.3 is 14.6 Å². The van der Waals surface area contributed by atoms with Crippen LogP contribution >= 0.6 is 0 Å². The third kappa shape index (κ3) is 3.94. The number of rotatable bonds is 5. The van der Waals surface area contributed by atoms with Crippen molar-refractivity contribution in [3.63, 3.8) is 0 Å². The van der Waals surface area contributed by atoms with Gasteiger partial charge in [0.05, 0.1) is 14.2 Å². The summed E-state index contributed by atoms with van der Waals surface area (Å²) in [6.45, 7) is 1.59. The van der Waals surface area contributed by atoms with Crippen LogP contribution in [-0.2, 0) is 0 Å². The van der Waals surface area contributed by atoms with Gasteiger partial charge in [-0.3, -0.25) is 9.36 Å². The molecule has 0 spiro atoms. The van der Waals surface area contributed by atoms with Gasteiger partial charge in [-0.25, -0.2) is 0 Å². The van der Waals surface area contributed by atoms with Crippen molar-refractivity contribution in [2.45, 2.75) is 45.1 Å². The minimum atomic E-state index is -0.442. The van der Waals surface area contributed by atoms with Gasteiger partial charge in [0.2, 0.25) is 5.88 Å². The Hall–Kier alpha value is -3.34. The van der Waals surface area contributed by atoms with Gasteiger partial charge in [-0.15, -0.1) is 10.2 Å². The molecule has 1 aromatic heterocycles. The summed E-state index contributed by atoms with van der Waals surface area (Å²) in [7, 11) is 3.05. The Morgan fingerprint density at radius 3 is 2.52 bits per heavy atom. The van der Waals surface area contributed by atoms with Crippen molar-refractivity contribution < 1.29 is 14.6 Å². The molecule has 1 fully saturated rings. The van der Waals surface area contributed by atoms with Crippen molar-refractivity contribution in [2.24, 2.45) is 10.2 Å². The summed E-state index contributed by atoms with van der Waals surface area (Å²) in [5, 5.41) is 28.4. The fourth-order valence-electron chi connectivity index (χ4n) is 3.68. The molecule has 0 saturated heterocycles. The van der Waals surface area contributed by atoms with Crippen molar-refractivity contribution >= 4 is 11.4 Å². The van der Waals surface area contributed by atoms with E-state index in [9.17, 15) is 15.2 Å². The molecule has 29 heavy (non-hydrogen) atoms. The molecule has 152 valence electrons. The number of methoxy groups -OCH3 is 2. The van der Waals surface area contributed by atoms with Crippen LogP contribution in [0.1, 0.15) is 49.3 Å². The monoisotopic (exact) mass is 396 g/mol. The van der Waals surface area contributed by atoms with Gasteiger partial charge in [-0.1, -0.05) is 19.3 Å². The highest BCUT2D eigenvalue weighted by Gasteiger charge is 2.25. The molecule has 2 aromatic rings. The third-order valence-corrected chi connectivity index (χ3v) is 5.30. The van der Waals surface area contributed by atoms with E-state index in [-0.39, 0.29) is 23.2 Å². The van der Waals surface area contributed by atoms with E-state index >= 15 is 0 Å². The Morgan fingerprint density at radius 1 is 1.17 bits per heavy atom. The third-order valence-electron chi connectivity index (χ3n) is 5.30. The van der Waals surface area contributed by atoms with Gasteiger partial charge in [0.1, 0.15) is 28.8 Å². The number of hydrogen-bond acceptors (Lipinski definition) is 7. The molecule has 8 heteroatoms. The summed E-state index contributed by atoms with van der Waals surface area (Å²) in [5.74, 6) is 0.758. The van der Waals surface area contributed by atoms with E-state index in [4.69, 9.17) is 9.47 Å². The zero-order chi connectivity index (χ0) is 21.0. The zero-order valence-electron chi connectivity index (χ0n) is 16.8. The smallest absolute Gasteiger partial charge is 0.281 e. The molecule has 0 bridgehead atoms. The Balaban J connectivity index is 2.11. The highest BCUT2D eigenvalue weighted by Crippen LogP contribution is 2.36. The predicted molar refractivity (Wildman–Crippen MR) is 108 cm³/mol. The second kappa shape index (κ2) is 8.78. The molecular formula is C21H24N4O4. The van der Waals surface area contributed by atoms with Crippen molar-refractivity contribution in [1.29, 1.82) is 5.26 Å². The van der Waals surface area contributed by atoms with Gasteiger partial charge in [0.25, 0.3) is 5.56 Å². The largest absolute Gasteiger partial charge is 0.497 e. The van der Waals surface area contributed by atoms with E-state index in [1.807, 2.05) is 6.07 Å². The number of pyridine rings is 1. The Morgan fingerprint density at radius 2 is 1.90 bits per heavy atom. The molecular weight excluding hydrogens is 372 g/mol. The van der Waals surface area contributed by atoms with Crippen LogP contribution in [0, 0.1) is 18.3 Å². The zero-order valence-corrected chi connectivity index (χ0v) is 16.8. The van der Waals surface area contributed by atoms with Gasteiger partial charge in [-0.2, -0.15) is 5.26 Å². The molecule has 8 nitrogen and oxygen atoms in total. The fraction of sp³-hybridized carbons (Fsp3) is 0.429. The Labute approximate surface area is 169 Å². The number of hydrogen-bond donors (Lipinski definition) is 1. The summed E-state index contributed by atoms with van der Waals surface area (Å²) in [6.07, 6.45) is 4.62. The van der Waals surface area contributed by atoms with Crippen LogP contribution in [0.25, 0.3) is 0 Å². The molecule has 1 N–H and O–H groups in total. The number of azo groups is 1. The van der Waals surface area contributed by atoms with Crippen LogP contribution in [0.5, 0.6) is 17.4 Å². The van der Waals surface area contributed by atoms with E-state index < -0.39 is 5.56 Å². The SMILES string of the molecule is COc1ccc(N=Nc2c(C)c(C#N)c(O)n(C3CCCCC3)c2=O)c(OC)c1. The molecule has 0 atom stereocenters. The maximum absolute atomic E-state index is 13.1. The van der Waals surface area contributed by atoms with Crippen LogP contribution in [0.3, 0.4) is 0 Å². The topological polar surface area (TPSA) is 109 Å². The summed E-state index contributed by atoms with van der Waals surface area (Å²) in [5.41, 5.74) is 0.372. The summed E-state index contributed by atoms with van der Waals surface area (Å²) in [6, 6.07) is 6.89. The van der Waals surface area contributed by atoms with Crippen LogP contribution in [-0.4, -0.2) is 23.9 Å². The van der Waals surface area contributed by atoms with E-state index in [1.165, 1.54) is 11.7 Å². The lowest BCUT2D eigenvalue weighted by molar-refractivity contribution is 0.303. The van der Waals surface area contributed by atoms with Crippen molar-refractivity contribution in [3.05, 3.63) is 39.7 Å². The molecule has 0 amide bonds. The van der Waals surface area contributed by atoms with E-state index in [2.05, 4.69) is 10.2 Å². The lowest BCUT2D eigenvalue weighted by atomic mass is 9.94. The van der Waals surface area contributed by atoms with E-state index in [0.717, 1.165) is 32.1 Å². The number of nitriles is 1. The second-order valence-corrected chi connectivity index (χ2v) is 6.99. The summed E-state index contributed by atoms with van der Waals surface area (Å²) >= 11 is 0. The molecule has 0 aliphatic heterocycles. The molecule has 1 saturated carbocycles. The number of nitrogens with zero attached hydrogens (tertiary/aromatic N) is 4. The van der Waals surface area contributed by atoms with E-state index in [0.29, 0.717) is 22.7 Å². The first-order valence-electron chi connectivity index (χ1n) is 9.53. The Kier molecular flexibility index (Phi) is 6.17. The van der Waals surface area contributed by atoms with Crippen molar-refractivity contribution in [2.75, 3.05) is 14.2 Å². The predicted octanol–water partition coefficient (Wildman–Crippen LogP) is 4.67. The van der Waals surface area contributed by atoms with E-state index in [1.54, 1.807) is 32.2 Å². The van der Waals surface area contributed by atoms with Gasteiger partial charge in [0.15, 0.2) is 5.69 Å². The first-order chi connectivity index (χ1) is 14.0. The van der Waals surface area contributed by atoms with Crippen molar-refractivity contribution in [3.8, 4) is 23.4 Å². The number of ether oxygens (including phenoxy) is 2. The molecule has 3 rings (SSSR count). The minimum absolute atomic E-state index is 0.0443. The van der Waals surface area contributed by atoms with Crippen LogP contribution in [0.4, 0.5) is 11.4 Å². The van der Waals surface area contributed by atoms with Gasteiger partial charge >= 0.3 is 0 Å². The Bertz CT molecular complexity index is 1030. The van der Waals surface area contributed by atoms with Crippen molar-refractivity contribution in [1.82, 2.24) is 4.57 Å². The minimum Gasteiger partial charge on any atom is -0.497 e. The molecule has 1 aliphatic rings. The average Bonchev–Trinajstić information content (AvgIpc) is 2.74. The molecule has 1 heterocycles. The number of aromatic nitrogens is 1. The van der Waals surface area contributed by atoms with Crippen LogP contribution < -0.4 is 15.0 Å².